The zero-order valence-corrected chi connectivity index (χ0v) is 13.0. The number of carbonyl (C=O) groups excluding carboxylic acids is 1. The lowest BCUT2D eigenvalue weighted by Gasteiger charge is -2.31. The van der Waals surface area contributed by atoms with Crippen LogP contribution in [0, 0.1) is 0 Å². The van der Waals surface area contributed by atoms with Crippen molar-refractivity contribution in [1.82, 2.24) is 0 Å². The second-order valence-corrected chi connectivity index (χ2v) is 5.60. The minimum Gasteiger partial charge on any atom is -0.449 e. The number of ether oxygens (including phenoxy) is 1. The van der Waals surface area contributed by atoms with Gasteiger partial charge in [0, 0.05) is 12.2 Å². The number of anilines is 2. The van der Waals surface area contributed by atoms with Gasteiger partial charge in [-0.05, 0) is 36.8 Å². The highest BCUT2D eigenvalue weighted by atomic mass is 16.5. The fourth-order valence-corrected chi connectivity index (χ4v) is 2.45. The molecule has 4 heteroatoms. The van der Waals surface area contributed by atoms with Gasteiger partial charge in [0.15, 0.2) is 11.5 Å². The molecule has 23 heavy (non-hydrogen) atoms. The molecule has 0 spiro atoms. The predicted octanol–water partition coefficient (Wildman–Crippen LogP) is 3.61. The molecule has 0 unspecified atom stereocenters. The van der Waals surface area contributed by atoms with Crippen LogP contribution in [0.2, 0.25) is 0 Å². The molecule has 2 aromatic carbocycles. The predicted molar refractivity (Wildman–Crippen MR) is 93.1 cm³/mol. The maximum Gasteiger partial charge on any atom is 0.294 e. The zero-order chi connectivity index (χ0) is 16.4. The summed E-state index contributed by atoms with van der Waals surface area (Å²) in [6.45, 7) is 6.21. The molecule has 0 atom stereocenters. The van der Waals surface area contributed by atoms with Crippen LogP contribution in [0.5, 0.6) is 5.75 Å². The summed E-state index contributed by atoms with van der Waals surface area (Å²) in [5.74, 6) is 0.701. The zero-order valence-electron chi connectivity index (χ0n) is 13.0. The van der Waals surface area contributed by atoms with Crippen LogP contribution < -0.4 is 15.4 Å². The lowest BCUT2D eigenvalue weighted by Crippen LogP contribution is -2.38. The molecule has 1 amide bonds. The van der Waals surface area contributed by atoms with E-state index in [2.05, 4.69) is 6.58 Å². The molecule has 0 aliphatic carbocycles. The van der Waals surface area contributed by atoms with Crippen LogP contribution in [0.3, 0.4) is 0 Å². The topological polar surface area (TPSA) is 55.6 Å². The van der Waals surface area contributed by atoms with Crippen molar-refractivity contribution in [3.05, 3.63) is 72.0 Å². The molecule has 1 aliphatic rings. The van der Waals surface area contributed by atoms with E-state index in [1.807, 2.05) is 37.3 Å². The summed E-state index contributed by atoms with van der Waals surface area (Å²) < 4.78 is 5.80. The van der Waals surface area contributed by atoms with E-state index < -0.39 is 0 Å². The molecule has 0 radical (unpaired) electrons. The molecule has 3 rings (SSSR count). The van der Waals surface area contributed by atoms with Gasteiger partial charge in [0.05, 0.1) is 5.69 Å². The Morgan fingerprint density at radius 3 is 2.70 bits per heavy atom. The van der Waals surface area contributed by atoms with E-state index in [4.69, 9.17) is 10.5 Å². The van der Waals surface area contributed by atoms with Crippen molar-refractivity contribution < 1.29 is 9.53 Å². The van der Waals surface area contributed by atoms with Gasteiger partial charge in [0.1, 0.15) is 0 Å². The first-order valence-corrected chi connectivity index (χ1v) is 7.35. The Hall–Kier alpha value is -3.01. The van der Waals surface area contributed by atoms with Crippen molar-refractivity contribution >= 4 is 23.4 Å². The Kier molecular flexibility index (Phi) is 3.89. The number of nitrogen functional groups attached to an aromatic ring is 1. The van der Waals surface area contributed by atoms with Gasteiger partial charge < -0.3 is 10.5 Å². The third-order valence-electron chi connectivity index (χ3n) is 3.48. The lowest BCUT2D eigenvalue weighted by molar-refractivity contribution is -0.117. The molecular weight excluding hydrogens is 288 g/mol. The quantitative estimate of drug-likeness (QED) is 0.535. The number of hydrogen-bond acceptors (Lipinski definition) is 3. The number of fused-ring (bicyclic) bond motifs is 1. The van der Waals surface area contributed by atoms with E-state index in [0.717, 1.165) is 11.1 Å². The fraction of sp³-hybridized carbons (Fsp3) is 0.105. The number of carbonyl (C=O) groups is 1. The molecule has 4 nitrogen and oxygen atoms in total. The highest BCUT2D eigenvalue weighted by molar-refractivity contribution is 6.10. The molecule has 0 saturated heterocycles. The summed E-state index contributed by atoms with van der Waals surface area (Å²) in [7, 11) is 0. The number of nitrogens with two attached hydrogens (primary N) is 1. The smallest absolute Gasteiger partial charge is 0.294 e. The van der Waals surface area contributed by atoms with Gasteiger partial charge in [-0.25, -0.2) is 0 Å². The van der Waals surface area contributed by atoms with Gasteiger partial charge >= 0.3 is 0 Å². The van der Waals surface area contributed by atoms with Crippen molar-refractivity contribution in [1.29, 1.82) is 0 Å². The van der Waals surface area contributed by atoms with Crippen LogP contribution >= 0.6 is 0 Å². The van der Waals surface area contributed by atoms with Crippen LogP contribution in [0.25, 0.3) is 6.08 Å². The maximum absolute atomic E-state index is 12.8. The molecule has 1 heterocycles. The highest BCUT2D eigenvalue weighted by Crippen LogP contribution is 2.37. The Labute approximate surface area is 135 Å². The fourth-order valence-electron chi connectivity index (χ4n) is 2.45. The Bertz CT molecular complexity index is 794. The molecule has 0 bridgehead atoms. The molecular formula is C19H18N2O2. The number of nitrogens with zero attached hydrogens (tertiary/aromatic N) is 1. The van der Waals surface area contributed by atoms with Crippen molar-refractivity contribution in [2.75, 3.05) is 17.2 Å². The average molecular weight is 306 g/mol. The van der Waals surface area contributed by atoms with E-state index in [9.17, 15) is 4.79 Å². The van der Waals surface area contributed by atoms with E-state index in [1.54, 1.807) is 29.2 Å². The number of hydrogen-bond donors (Lipinski definition) is 1. The summed E-state index contributed by atoms with van der Waals surface area (Å²) in [6.07, 6.45) is 1.74. The minimum atomic E-state index is -0.199. The van der Waals surface area contributed by atoms with Gasteiger partial charge in [-0.3, -0.25) is 9.69 Å². The Morgan fingerprint density at radius 2 is 2.00 bits per heavy atom. The van der Waals surface area contributed by atoms with Gasteiger partial charge in [0.2, 0.25) is 0 Å². The second kappa shape index (κ2) is 6.01. The number of benzene rings is 2. The third kappa shape index (κ3) is 3.11. The molecule has 1 aliphatic heterocycles. The minimum absolute atomic E-state index is 0.199. The summed E-state index contributed by atoms with van der Waals surface area (Å²) in [4.78, 5) is 14.4. The van der Waals surface area contributed by atoms with Crippen molar-refractivity contribution in [2.45, 2.75) is 6.92 Å². The van der Waals surface area contributed by atoms with Crippen molar-refractivity contribution in [3.63, 3.8) is 0 Å². The van der Waals surface area contributed by atoms with Crippen LogP contribution in [0.4, 0.5) is 11.4 Å². The van der Waals surface area contributed by atoms with Crippen LogP contribution in [0.15, 0.2) is 66.4 Å². The lowest BCUT2D eigenvalue weighted by atomic mass is 10.1. The normalized spacial score (nSPS) is 15.3. The van der Waals surface area contributed by atoms with Crippen LogP contribution in [0.1, 0.15) is 12.5 Å². The van der Waals surface area contributed by atoms with Gasteiger partial charge in [-0.2, -0.15) is 0 Å². The molecule has 0 fully saturated rings. The van der Waals surface area contributed by atoms with Crippen LogP contribution in [-0.4, -0.2) is 12.5 Å². The van der Waals surface area contributed by atoms with E-state index in [-0.39, 0.29) is 11.7 Å². The monoisotopic (exact) mass is 306 g/mol. The number of rotatable bonds is 3. The van der Waals surface area contributed by atoms with Gasteiger partial charge in [-0.1, -0.05) is 42.5 Å². The van der Waals surface area contributed by atoms with E-state index >= 15 is 0 Å². The summed E-state index contributed by atoms with van der Waals surface area (Å²) in [5, 5.41) is 0. The maximum atomic E-state index is 12.8. The van der Waals surface area contributed by atoms with Crippen molar-refractivity contribution in [3.8, 4) is 5.75 Å². The van der Waals surface area contributed by atoms with E-state index in [0.29, 0.717) is 23.7 Å². The molecule has 2 aromatic rings. The summed E-state index contributed by atoms with van der Waals surface area (Å²) in [6, 6.07) is 14.9. The van der Waals surface area contributed by atoms with Crippen LogP contribution in [-0.2, 0) is 4.79 Å². The molecule has 0 aromatic heterocycles. The number of amides is 1. The first-order chi connectivity index (χ1) is 11.0. The Morgan fingerprint density at radius 1 is 1.26 bits per heavy atom. The third-order valence-corrected chi connectivity index (χ3v) is 3.48. The largest absolute Gasteiger partial charge is 0.449 e. The average Bonchev–Trinajstić information content (AvgIpc) is 2.53. The van der Waals surface area contributed by atoms with Gasteiger partial charge in [0.25, 0.3) is 5.91 Å². The summed E-state index contributed by atoms with van der Waals surface area (Å²) >= 11 is 0. The highest BCUT2D eigenvalue weighted by Gasteiger charge is 2.30. The van der Waals surface area contributed by atoms with E-state index in [1.165, 1.54) is 0 Å². The standard InChI is InChI=1S/C19H18N2O2/c1-13(2)12-21-16-11-15(20)8-9-17(16)23-18(19(21)22)10-14-6-4-3-5-7-14/h3-11H,1,12,20H2,2H3/b18-10+. The molecule has 116 valence electrons. The first-order valence-electron chi connectivity index (χ1n) is 7.35. The van der Waals surface area contributed by atoms with Gasteiger partial charge in [-0.15, -0.1) is 0 Å². The molecule has 2 N–H and O–H groups in total. The second-order valence-electron chi connectivity index (χ2n) is 5.60. The Balaban J connectivity index is 2.06. The molecule has 0 saturated carbocycles. The first kappa shape index (κ1) is 14.9. The summed E-state index contributed by atoms with van der Waals surface area (Å²) in [5.41, 5.74) is 8.89. The van der Waals surface area contributed by atoms with Crippen molar-refractivity contribution in [2.24, 2.45) is 0 Å². The SMILES string of the molecule is C=C(C)CN1C(=O)/C(=C\c2ccccc2)Oc2ccc(N)cc21.